The van der Waals surface area contributed by atoms with Gasteiger partial charge in [-0.05, 0) is 65.5 Å². The van der Waals surface area contributed by atoms with Gasteiger partial charge in [0.25, 0.3) is 0 Å². The monoisotopic (exact) mass is 350 g/mol. The molecule has 1 N–H and O–H groups in total. The van der Waals surface area contributed by atoms with Gasteiger partial charge in [0.2, 0.25) is 0 Å². The first-order valence-electron chi connectivity index (χ1n) is 8.54. The Bertz CT molecular complexity index is 839. The smallest absolute Gasteiger partial charge is 0.303 e. The SMILES string of the molecule is CC1(C)CCSc2ccc(C#Cc3ccc(CCC(=O)O)cc3)cc21. The van der Waals surface area contributed by atoms with E-state index in [1.807, 2.05) is 36.0 Å². The zero-order valence-electron chi connectivity index (χ0n) is 14.6. The maximum Gasteiger partial charge on any atom is 0.303 e. The van der Waals surface area contributed by atoms with Gasteiger partial charge in [0.05, 0.1) is 0 Å². The van der Waals surface area contributed by atoms with Crippen LogP contribution in [0.2, 0.25) is 0 Å². The molecule has 128 valence electrons. The lowest BCUT2D eigenvalue weighted by molar-refractivity contribution is -0.136. The summed E-state index contributed by atoms with van der Waals surface area (Å²) in [6, 6.07) is 14.4. The summed E-state index contributed by atoms with van der Waals surface area (Å²) >= 11 is 1.93. The Balaban J connectivity index is 1.76. The van der Waals surface area contributed by atoms with E-state index in [4.69, 9.17) is 5.11 Å². The third-order valence-corrected chi connectivity index (χ3v) is 5.70. The lowest BCUT2D eigenvalue weighted by Gasteiger charge is -2.32. The van der Waals surface area contributed by atoms with Crippen LogP contribution in [0.25, 0.3) is 0 Å². The Morgan fingerprint density at radius 1 is 1.12 bits per heavy atom. The van der Waals surface area contributed by atoms with Crippen LogP contribution in [-0.2, 0) is 16.6 Å². The van der Waals surface area contributed by atoms with Crippen molar-refractivity contribution < 1.29 is 9.90 Å². The summed E-state index contributed by atoms with van der Waals surface area (Å²) in [6.07, 6.45) is 1.91. The van der Waals surface area contributed by atoms with Crippen LogP contribution >= 0.6 is 11.8 Å². The summed E-state index contributed by atoms with van der Waals surface area (Å²) in [5, 5.41) is 8.74. The lowest BCUT2D eigenvalue weighted by Crippen LogP contribution is -2.22. The van der Waals surface area contributed by atoms with Gasteiger partial charge >= 0.3 is 5.97 Å². The summed E-state index contributed by atoms with van der Waals surface area (Å²) in [5.74, 6) is 6.89. The number of hydrogen-bond donors (Lipinski definition) is 1. The fourth-order valence-corrected chi connectivity index (χ4v) is 4.45. The molecule has 0 spiro atoms. The summed E-state index contributed by atoms with van der Waals surface area (Å²) in [5.41, 5.74) is 4.64. The Labute approximate surface area is 153 Å². The first-order chi connectivity index (χ1) is 11.9. The quantitative estimate of drug-likeness (QED) is 0.802. The van der Waals surface area contributed by atoms with Crippen molar-refractivity contribution in [2.24, 2.45) is 0 Å². The third kappa shape index (κ3) is 4.46. The molecule has 0 aliphatic carbocycles. The average molecular weight is 350 g/mol. The van der Waals surface area contributed by atoms with Crippen LogP contribution in [0.15, 0.2) is 47.4 Å². The van der Waals surface area contributed by atoms with E-state index in [0.29, 0.717) is 6.42 Å². The van der Waals surface area contributed by atoms with Crippen molar-refractivity contribution in [2.45, 2.75) is 43.4 Å². The number of fused-ring (bicyclic) bond motifs is 1. The van der Waals surface area contributed by atoms with E-state index in [1.54, 1.807) is 0 Å². The fraction of sp³-hybridized carbons (Fsp3) is 0.318. The molecule has 2 aromatic rings. The Morgan fingerprint density at radius 3 is 2.52 bits per heavy atom. The number of carbonyl (C=O) groups is 1. The van der Waals surface area contributed by atoms with Crippen molar-refractivity contribution in [1.29, 1.82) is 0 Å². The third-order valence-electron chi connectivity index (χ3n) is 4.63. The summed E-state index contributed by atoms with van der Waals surface area (Å²) in [6.45, 7) is 4.61. The van der Waals surface area contributed by atoms with Gasteiger partial charge in [-0.25, -0.2) is 0 Å². The Morgan fingerprint density at radius 2 is 1.80 bits per heavy atom. The molecule has 3 rings (SSSR count). The molecule has 1 aliphatic heterocycles. The molecule has 2 aromatic carbocycles. The van der Waals surface area contributed by atoms with Crippen LogP contribution < -0.4 is 0 Å². The highest BCUT2D eigenvalue weighted by molar-refractivity contribution is 7.99. The van der Waals surface area contributed by atoms with Gasteiger partial charge in [0, 0.05) is 22.4 Å². The van der Waals surface area contributed by atoms with E-state index in [1.165, 1.54) is 22.6 Å². The molecular weight excluding hydrogens is 328 g/mol. The highest BCUT2D eigenvalue weighted by Crippen LogP contribution is 2.41. The normalized spacial score (nSPS) is 15.0. The van der Waals surface area contributed by atoms with Gasteiger partial charge in [-0.15, -0.1) is 11.8 Å². The van der Waals surface area contributed by atoms with Crippen molar-refractivity contribution in [3.63, 3.8) is 0 Å². The molecule has 0 fully saturated rings. The first-order valence-corrected chi connectivity index (χ1v) is 9.53. The minimum Gasteiger partial charge on any atom is -0.481 e. The highest BCUT2D eigenvalue weighted by Gasteiger charge is 2.27. The molecule has 0 bridgehead atoms. The van der Waals surface area contributed by atoms with Crippen LogP contribution in [0.5, 0.6) is 0 Å². The highest BCUT2D eigenvalue weighted by atomic mass is 32.2. The molecule has 2 nitrogen and oxygen atoms in total. The molecule has 25 heavy (non-hydrogen) atoms. The van der Waals surface area contributed by atoms with Crippen molar-refractivity contribution in [1.82, 2.24) is 0 Å². The van der Waals surface area contributed by atoms with Crippen molar-refractivity contribution in [2.75, 3.05) is 5.75 Å². The number of hydrogen-bond acceptors (Lipinski definition) is 2. The van der Waals surface area contributed by atoms with Crippen LogP contribution in [0.4, 0.5) is 0 Å². The molecule has 1 heterocycles. The largest absolute Gasteiger partial charge is 0.481 e. The molecule has 0 saturated heterocycles. The van der Waals surface area contributed by atoms with Gasteiger partial charge in [-0.1, -0.05) is 37.8 Å². The second kappa shape index (κ2) is 7.37. The van der Waals surface area contributed by atoms with Gasteiger partial charge in [0.15, 0.2) is 0 Å². The predicted molar refractivity (Wildman–Crippen MR) is 103 cm³/mol. The predicted octanol–water partition coefficient (Wildman–Crippen LogP) is 4.88. The van der Waals surface area contributed by atoms with Gasteiger partial charge in [0.1, 0.15) is 0 Å². The van der Waals surface area contributed by atoms with Gasteiger partial charge < -0.3 is 5.11 Å². The van der Waals surface area contributed by atoms with Crippen LogP contribution in [-0.4, -0.2) is 16.8 Å². The molecular formula is C22H22O2S. The minimum atomic E-state index is -0.766. The number of carboxylic acids is 1. The summed E-state index contributed by atoms with van der Waals surface area (Å²) < 4.78 is 0. The van der Waals surface area contributed by atoms with E-state index < -0.39 is 5.97 Å². The summed E-state index contributed by atoms with van der Waals surface area (Å²) in [7, 11) is 0. The molecule has 0 atom stereocenters. The number of rotatable bonds is 3. The number of thioether (sulfide) groups is 1. The van der Waals surface area contributed by atoms with Crippen LogP contribution in [0.3, 0.4) is 0 Å². The molecule has 0 amide bonds. The lowest BCUT2D eigenvalue weighted by atomic mass is 9.81. The topological polar surface area (TPSA) is 37.3 Å². The summed E-state index contributed by atoms with van der Waals surface area (Å²) in [4.78, 5) is 12.0. The maximum atomic E-state index is 10.6. The van der Waals surface area contributed by atoms with E-state index in [9.17, 15) is 4.79 Å². The van der Waals surface area contributed by atoms with Gasteiger partial charge in [-0.3, -0.25) is 4.79 Å². The van der Waals surface area contributed by atoms with E-state index in [-0.39, 0.29) is 11.8 Å². The minimum absolute atomic E-state index is 0.161. The number of aliphatic carboxylic acids is 1. The van der Waals surface area contributed by atoms with Crippen molar-refractivity contribution in [3.8, 4) is 11.8 Å². The number of carboxylic acid groups (broad SMARTS) is 1. The maximum absolute atomic E-state index is 10.6. The first kappa shape index (κ1) is 17.6. The molecule has 1 aliphatic rings. The molecule has 0 unspecified atom stereocenters. The molecule has 0 radical (unpaired) electrons. The number of benzene rings is 2. The molecule has 3 heteroatoms. The molecule has 0 aromatic heterocycles. The standard InChI is InChI=1S/C22H22O2S/c1-22(2)13-14-25-20-11-9-18(15-19(20)22)8-7-16-3-5-17(6-4-16)10-12-21(23)24/h3-6,9,11,15H,10,12-14H2,1-2H3,(H,23,24). The zero-order valence-corrected chi connectivity index (χ0v) is 15.5. The van der Waals surface area contributed by atoms with E-state index in [2.05, 4.69) is 43.9 Å². The van der Waals surface area contributed by atoms with Crippen molar-refractivity contribution in [3.05, 3.63) is 64.7 Å². The van der Waals surface area contributed by atoms with E-state index >= 15 is 0 Å². The molecule has 0 saturated carbocycles. The second-order valence-corrected chi connectivity index (χ2v) is 8.17. The Hall–Kier alpha value is -2.18. The fourth-order valence-electron chi connectivity index (χ4n) is 2.96. The van der Waals surface area contributed by atoms with Crippen LogP contribution in [0.1, 0.15) is 48.9 Å². The average Bonchev–Trinajstić information content (AvgIpc) is 2.59. The van der Waals surface area contributed by atoms with Crippen LogP contribution in [0, 0.1) is 11.8 Å². The Kier molecular flexibility index (Phi) is 5.20. The van der Waals surface area contributed by atoms with E-state index in [0.717, 1.165) is 16.7 Å². The number of aryl methyl sites for hydroxylation is 1. The van der Waals surface area contributed by atoms with Crippen molar-refractivity contribution >= 4 is 17.7 Å². The zero-order chi connectivity index (χ0) is 17.9. The van der Waals surface area contributed by atoms with Gasteiger partial charge in [-0.2, -0.15) is 0 Å². The second-order valence-electron chi connectivity index (χ2n) is 7.03.